The summed E-state index contributed by atoms with van der Waals surface area (Å²) < 4.78 is 0.886. The van der Waals surface area contributed by atoms with Crippen LogP contribution in [0.4, 0.5) is 5.69 Å². The van der Waals surface area contributed by atoms with Crippen LogP contribution in [0, 0.1) is 0 Å². The first kappa shape index (κ1) is 16.0. The van der Waals surface area contributed by atoms with Gasteiger partial charge in [0.15, 0.2) is 0 Å². The van der Waals surface area contributed by atoms with Gasteiger partial charge in [0.25, 0.3) is 0 Å². The molecule has 2 aromatic carbocycles. The normalized spacial score (nSPS) is 12.8. The number of anilines is 1. The third-order valence-corrected chi connectivity index (χ3v) is 4.93. The van der Waals surface area contributed by atoms with Crippen molar-refractivity contribution in [2.75, 3.05) is 5.32 Å². The summed E-state index contributed by atoms with van der Waals surface area (Å²) in [6, 6.07) is 13.7. The highest BCUT2D eigenvalue weighted by atomic mass is 79.9. The first-order chi connectivity index (χ1) is 12.2. The van der Waals surface area contributed by atoms with Gasteiger partial charge < -0.3 is 5.32 Å². The minimum atomic E-state index is -0.172. The molecular formula is C18H16BrN5O. The molecule has 1 heterocycles. The summed E-state index contributed by atoms with van der Waals surface area (Å²) in [7, 11) is 0. The lowest BCUT2D eigenvalue weighted by Crippen LogP contribution is -2.20. The Morgan fingerprint density at radius 1 is 1.16 bits per heavy atom. The number of nitrogens with one attached hydrogen (secondary N) is 1. The maximum atomic E-state index is 12.2. The highest BCUT2D eigenvalue weighted by Crippen LogP contribution is 2.25. The lowest BCUT2D eigenvalue weighted by molar-refractivity contribution is -0.117. The lowest BCUT2D eigenvalue weighted by atomic mass is 10.1. The van der Waals surface area contributed by atoms with Crippen molar-refractivity contribution in [1.29, 1.82) is 0 Å². The Morgan fingerprint density at radius 3 is 2.88 bits per heavy atom. The minimum Gasteiger partial charge on any atom is -0.324 e. The topological polar surface area (TPSA) is 72.7 Å². The number of carbonyl (C=O) groups is 1. The molecule has 0 radical (unpaired) electrons. The Balaban J connectivity index is 1.44. The molecule has 6 nitrogen and oxygen atoms in total. The van der Waals surface area contributed by atoms with Crippen molar-refractivity contribution in [3.05, 3.63) is 58.1 Å². The van der Waals surface area contributed by atoms with Crippen LogP contribution in [-0.4, -0.2) is 26.1 Å². The molecule has 3 aromatic rings. The van der Waals surface area contributed by atoms with E-state index >= 15 is 0 Å². The molecule has 1 aliphatic carbocycles. The summed E-state index contributed by atoms with van der Waals surface area (Å²) in [5.41, 5.74) is 4.37. The number of aryl methyl sites for hydroxylation is 2. The molecule has 0 saturated carbocycles. The highest BCUT2D eigenvalue weighted by molar-refractivity contribution is 9.10. The number of rotatable bonds is 4. The number of halogens is 1. The van der Waals surface area contributed by atoms with Gasteiger partial charge in [-0.1, -0.05) is 34.1 Å². The number of hydrogen-bond donors (Lipinski definition) is 1. The van der Waals surface area contributed by atoms with Gasteiger partial charge in [-0.2, -0.15) is 4.80 Å². The monoisotopic (exact) mass is 397 g/mol. The summed E-state index contributed by atoms with van der Waals surface area (Å²) in [4.78, 5) is 13.5. The van der Waals surface area contributed by atoms with Crippen molar-refractivity contribution < 1.29 is 4.79 Å². The Kier molecular flexibility index (Phi) is 4.31. The van der Waals surface area contributed by atoms with Crippen LogP contribution in [0.25, 0.3) is 11.4 Å². The average molecular weight is 398 g/mol. The van der Waals surface area contributed by atoms with Gasteiger partial charge >= 0.3 is 0 Å². The average Bonchev–Trinajstić information content (AvgIpc) is 3.24. The lowest BCUT2D eigenvalue weighted by Gasteiger charge is -2.07. The van der Waals surface area contributed by atoms with Gasteiger partial charge in [0.05, 0.1) is 0 Å². The van der Waals surface area contributed by atoms with Gasteiger partial charge in [-0.3, -0.25) is 4.79 Å². The van der Waals surface area contributed by atoms with E-state index in [2.05, 4.69) is 48.8 Å². The summed E-state index contributed by atoms with van der Waals surface area (Å²) in [5, 5.41) is 15.2. The van der Waals surface area contributed by atoms with Crippen molar-refractivity contribution in [3.63, 3.8) is 0 Å². The molecule has 4 rings (SSSR count). The van der Waals surface area contributed by atoms with Crippen molar-refractivity contribution in [2.45, 2.75) is 25.8 Å². The van der Waals surface area contributed by atoms with Gasteiger partial charge in [0.2, 0.25) is 11.7 Å². The summed E-state index contributed by atoms with van der Waals surface area (Å²) >= 11 is 3.47. The van der Waals surface area contributed by atoms with E-state index in [-0.39, 0.29) is 12.5 Å². The minimum absolute atomic E-state index is 0.0224. The van der Waals surface area contributed by atoms with Gasteiger partial charge in [-0.15, -0.1) is 10.2 Å². The predicted octanol–water partition coefficient (Wildman–Crippen LogP) is 3.23. The van der Waals surface area contributed by atoms with Crippen LogP contribution in [0.1, 0.15) is 17.5 Å². The number of benzene rings is 2. The molecule has 0 fully saturated rings. The summed E-state index contributed by atoms with van der Waals surface area (Å²) in [5.74, 6) is 0.312. The molecule has 0 bridgehead atoms. The quantitative estimate of drug-likeness (QED) is 0.733. The molecule has 0 spiro atoms. The molecule has 25 heavy (non-hydrogen) atoms. The second-order valence-corrected chi connectivity index (χ2v) is 6.86. The molecule has 1 aliphatic rings. The SMILES string of the molecule is O=C(Cn1nnc(-c2ccccc2Br)n1)Nc1ccc2c(c1)CCC2. The fourth-order valence-electron chi connectivity index (χ4n) is 3.04. The molecule has 0 aliphatic heterocycles. The first-order valence-electron chi connectivity index (χ1n) is 8.13. The smallest absolute Gasteiger partial charge is 0.248 e. The van der Waals surface area contributed by atoms with Crippen LogP contribution < -0.4 is 5.32 Å². The zero-order chi connectivity index (χ0) is 17.2. The maximum Gasteiger partial charge on any atom is 0.248 e. The zero-order valence-corrected chi connectivity index (χ0v) is 15.0. The number of nitrogens with zero attached hydrogens (tertiary/aromatic N) is 4. The predicted molar refractivity (Wildman–Crippen MR) is 98.0 cm³/mol. The van der Waals surface area contributed by atoms with Gasteiger partial charge in [0, 0.05) is 15.7 Å². The molecule has 1 aromatic heterocycles. The van der Waals surface area contributed by atoms with Gasteiger partial charge in [0.1, 0.15) is 6.54 Å². The van der Waals surface area contributed by atoms with E-state index in [1.165, 1.54) is 22.3 Å². The largest absolute Gasteiger partial charge is 0.324 e. The Morgan fingerprint density at radius 2 is 2.00 bits per heavy atom. The second kappa shape index (κ2) is 6.76. The van der Waals surface area contributed by atoms with Crippen LogP contribution >= 0.6 is 15.9 Å². The summed E-state index contributed by atoms with van der Waals surface area (Å²) in [6.07, 6.45) is 3.40. The zero-order valence-electron chi connectivity index (χ0n) is 13.4. The van der Waals surface area contributed by atoms with E-state index in [0.29, 0.717) is 5.82 Å². The number of carbonyl (C=O) groups excluding carboxylic acids is 1. The van der Waals surface area contributed by atoms with E-state index in [9.17, 15) is 4.79 Å². The van der Waals surface area contributed by atoms with E-state index in [1.54, 1.807) is 0 Å². The molecule has 0 saturated heterocycles. The number of fused-ring (bicyclic) bond motifs is 1. The third kappa shape index (κ3) is 3.46. The van der Waals surface area contributed by atoms with E-state index in [0.717, 1.165) is 28.6 Å². The van der Waals surface area contributed by atoms with Crippen LogP contribution in [-0.2, 0) is 24.2 Å². The van der Waals surface area contributed by atoms with Crippen LogP contribution in [0.3, 0.4) is 0 Å². The van der Waals surface area contributed by atoms with E-state index < -0.39 is 0 Å². The molecule has 0 atom stereocenters. The molecule has 7 heteroatoms. The summed E-state index contributed by atoms with van der Waals surface area (Å²) in [6.45, 7) is 0.0224. The van der Waals surface area contributed by atoms with Crippen LogP contribution in [0.5, 0.6) is 0 Å². The van der Waals surface area contributed by atoms with Crippen molar-refractivity contribution in [3.8, 4) is 11.4 Å². The van der Waals surface area contributed by atoms with Crippen LogP contribution in [0.15, 0.2) is 46.9 Å². The second-order valence-electron chi connectivity index (χ2n) is 6.01. The fourth-order valence-corrected chi connectivity index (χ4v) is 3.50. The first-order valence-corrected chi connectivity index (χ1v) is 8.93. The molecule has 126 valence electrons. The van der Waals surface area contributed by atoms with Crippen molar-refractivity contribution >= 4 is 27.5 Å². The maximum absolute atomic E-state index is 12.2. The highest BCUT2D eigenvalue weighted by Gasteiger charge is 2.14. The number of hydrogen-bond acceptors (Lipinski definition) is 4. The Labute approximate surface area is 153 Å². The fraction of sp³-hybridized carbons (Fsp3) is 0.222. The molecule has 1 N–H and O–H groups in total. The Hall–Kier alpha value is -2.54. The standard InChI is InChI=1S/C18H16BrN5O/c19-16-7-2-1-6-15(16)18-21-23-24(22-18)11-17(25)20-14-9-8-12-4-3-5-13(12)10-14/h1-2,6-10H,3-5,11H2,(H,20,25). The molecule has 0 unspecified atom stereocenters. The van der Waals surface area contributed by atoms with Gasteiger partial charge in [-0.25, -0.2) is 0 Å². The number of tetrazole rings is 1. The van der Waals surface area contributed by atoms with E-state index in [4.69, 9.17) is 0 Å². The third-order valence-electron chi connectivity index (χ3n) is 4.23. The van der Waals surface area contributed by atoms with E-state index in [1.807, 2.05) is 30.3 Å². The van der Waals surface area contributed by atoms with Crippen LogP contribution in [0.2, 0.25) is 0 Å². The van der Waals surface area contributed by atoms with Crippen molar-refractivity contribution in [1.82, 2.24) is 20.2 Å². The van der Waals surface area contributed by atoms with Crippen molar-refractivity contribution in [2.24, 2.45) is 0 Å². The number of aromatic nitrogens is 4. The van der Waals surface area contributed by atoms with Gasteiger partial charge in [-0.05, 0) is 59.9 Å². The molecule has 1 amide bonds. The molecular weight excluding hydrogens is 382 g/mol. The Bertz CT molecular complexity index is 937. The number of amides is 1.